The first-order chi connectivity index (χ1) is 33.0. The van der Waals surface area contributed by atoms with Crippen molar-refractivity contribution in [1.82, 2.24) is 0 Å². The number of nitrogens with zero attached hydrogens (tertiary/aromatic N) is 3. The molecule has 0 atom stereocenters. The number of hydrogen-bond acceptors (Lipinski definition) is 9. The van der Waals surface area contributed by atoms with Gasteiger partial charge in [0, 0.05) is 0 Å². The average molecular weight is 1180 g/mol. The molecule has 356 valence electrons. The minimum absolute atomic E-state index is 0. The topological polar surface area (TPSA) is 199 Å². The van der Waals surface area contributed by atoms with Gasteiger partial charge in [-0.25, -0.2) is 0 Å². The van der Waals surface area contributed by atoms with E-state index in [-0.39, 0.29) is 54.1 Å². The van der Waals surface area contributed by atoms with Crippen LogP contribution in [0.3, 0.4) is 0 Å². The van der Waals surface area contributed by atoms with Gasteiger partial charge in [0.05, 0.1) is 15.3 Å². The first-order valence-electron chi connectivity index (χ1n) is 21.0. The van der Waals surface area contributed by atoms with Crippen LogP contribution >= 0.6 is 31.7 Å². The summed E-state index contributed by atoms with van der Waals surface area (Å²) in [7, 11) is -1.39. The molecule has 0 aliphatic carbocycles. The van der Waals surface area contributed by atoms with Gasteiger partial charge in [0.1, 0.15) is 0 Å². The van der Waals surface area contributed by atoms with E-state index < -0.39 is 15.3 Å². The smallest absolute Gasteiger partial charge is 0.356 e. The Morgan fingerprint density at radius 3 is 0.406 bits per heavy atom. The van der Waals surface area contributed by atoms with Gasteiger partial charge >= 0.3 is 22.4 Å². The summed E-state index contributed by atoms with van der Waals surface area (Å²) in [6, 6.07) is 88.4. The summed E-state index contributed by atoms with van der Waals surface area (Å²) in [5.74, 6) is 0. The predicted molar refractivity (Wildman–Crippen MR) is 287 cm³/mol. The summed E-state index contributed by atoms with van der Waals surface area (Å²) in [5, 5.41) is 56.0. The third kappa shape index (κ3) is 22.2. The van der Waals surface area contributed by atoms with Crippen LogP contribution in [0, 0.1) is 46.0 Å². The Kier molecular flexibility index (Phi) is 27.6. The molecule has 0 aliphatic rings. The predicted octanol–water partition coefficient (Wildman–Crippen LogP) is 9.78. The maximum Gasteiger partial charge on any atom is 3.00 e. The van der Waals surface area contributed by atoms with Gasteiger partial charge in [-0.3, -0.25) is 0 Å². The van der Waals surface area contributed by atoms with Crippen molar-refractivity contribution >= 4 is 74.1 Å². The maximum absolute atomic E-state index is 8.25. The molecule has 69 heavy (non-hydrogen) atoms. The minimum Gasteiger partial charge on any atom is -0.356 e. The molecule has 17 heteroatoms. The van der Waals surface area contributed by atoms with Crippen LogP contribution in [-0.2, 0) is 22.4 Å². The Morgan fingerprint density at radius 2 is 0.319 bits per heavy atom. The molecule has 12 nitrogen and oxygen atoms in total. The van der Waals surface area contributed by atoms with Crippen LogP contribution in [0.1, 0.15) is 0 Å². The standard InChI is InChI=1S/2C26H24P2.Au.3NO3/c2*1-5-13-23(14-6-1)27(24-15-7-2-8-16-24)21-22-28(25-17-9-3-10-18-25)26-19-11-4-12-20-26;;3*2-1(3)4/h2*1-20H,21-22H2;;;;/q;;+3;3*-1. The van der Waals surface area contributed by atoms with E-state index >= 15 is 0 Å². The Bertz CT molecular complexity index is 2080. The second-order valence-corrected chi connectivity index (χ2v) is 23.3. The zero-order chi connectivity index (χ0) is 48.8. The third-order valence-electron chi connectivity index (χ3n) is 9.64. The number of rotatable bonds is 14. The second kappa shape index (κ2) is 33.3. The Labute approximate surface area is 422 Å². The molecular formula is C52H48AuN3O9P4. The van der Waals surface area contributed by atoms with Crippen LogP contribution in [0.2, 0.25) is 0 Å². The molecule has 0 N–H and O–H groups in total. The number of benzene rings is 8. The first kappa shape index (κ1) is 57.1. The summed E-state index contributed by atoms with van der Waals surface area (Å²) in [6.45, 7) is 0. The van der Waals surface area contributed by atoms with Gasteiger partial charge in [-0.2, -0.15) is 0 Å². The molecule has 0 saturated heterocycles. The van der Waals surface area contributed by atoms with Crippen LogP contribution in [0.5, 0.6) is 0 Å². The van der Waals surface area contributed by atoms with Gasteiger partial charge in [0.2, 0.25) is 0 Å². The van der Waals surface area contributed by atoms with Crippen molar-refractivity contribution in [3.63, 3.8) is 0 Å². The van der Waals surface area contributed by atoms with Crippen molar-refractivity contribution in [3.05, 3.63) is 289 Å². The van der Waals surface area contributed by atoms with E-state index in [1.54, 1.807) is 0 Å². The molecule has 0 aliphatic heterocycles. The Morgan fingerprint density at radius 1 is 0.232 bits per heavy atom. The fourth-order valence-corrected chi connectivity index (χ4v) is 17.6. The van der Waals surface area contributed by atoms with Crippen molar-refractivity contribution in [3.8, 4) is 0 Å². The molecule has 0 spiro atoms. The van der Waals surface area contributed by atoms with Crippen LogP contribution < -0.4 is 42.4 Å². The van der Waals surface area contributed by atoms with Crippen molar-refractivity contribution in [2.24, 2.45) is 0 Å². The van der Waals surface area contributed by atoms with E-state index in [9.17, 15) is 0 Å². The molecule has 0 unspecified atom stereocenters. The molecule has 0 amide bonds. The zero-order valence-corrected chi connectivity index (χ0v) is 42.8. The zero-order valence-electron chi connectivity index (χ0n) is 37.0. The van der Waals surface area contributed by atoms with E-state index in [1.807, 2.05) is 0 Å². The molecule has 8 aromatic rings. The second-order valence-electron chi connectivity index (χ2n) is 14.0. The van der Waals surface area contributed by atoms with Gasteiger partial charge in [-0.1, -0.05) is 243 Å². The van der Waals surface area contributed by atoms with Crippen molar-refractivity contribution in [2.45, 2.75) is 0 Å². The molecule has 0 heterocycles. The fourth-order valence-electron chi connectivity index (χ4n) is 6.89. The van der Waals surface area contributed by atoms with Crippen molar-refractivity contribution in [1.29, 1.82) is 0 Å². The van der Waals surface area contributed by atoms with Crippen LogP contribution in [0.25, 0.3) is 0 Å². The van der Waals surface area contributed by atoms with E-state index in [0.717, 1.165) is 0 Å². The largest absolute Gasteiger partial charge is 3.00 e. The molecule has 0 saturated carbocycles. The molecule has 8 aromatic carbocycles. The first-order valence-corrected chi connectivity index (χ1v) is 27.1. The van der Waals surface area contributed by atoms with E-state index in [4.69, 9.17) is 46.0 Å². The van der Waals surface area contributed by atoms with Crippen molar-refractivity contribution in [2.75, 3.05) is 24.6 Å². The van der Waals surface area contributed by atoms with E-state index in [1.165, 1.54) is 67.1 Å². The summed E-state index contributed by atoms with van der Waals surface area (Å²) in [4.78, 5) is 24.8. The van der Waals surface area contributed by atoms with Crippen molar-refractivity contribution < 1.29 is 37.6 Å². The summed E-state index contributed by atoms with van der Waals surface area (Å²) in [6.07, 6.45) is 4.83. The van der Waals surface area contributed by atoms with Gasteiger partial charge in [-0.05, 0) is 98.8 Å². The average Bonchev–Trinajstić information content (AvgIpc) is 3.36. The van der Waals surface area contributed by atoms with E-state index in [2.05, 4.69) is 243 Å². The molecule has 0 bridgehead atoms. The summed E-state index contributed by atoms with van der Waals surface area (Å²) < 4.78 is 0. The van der Waals surface area contributed by atoms with Gasteiger partial charge in [-0.15, -0.1) is 0 Å². The third-order valence-corrected chi connectivity index (χ3v) is 20.4. The monoisotopic (exact) mass is 1180 g/mol. The van der Waals surface area contributed by atoms with Crippen LogP contribution in [0.4, 0.5) is 0 Å². The molecule has 0 radical (unpaired) electrons. The molecule has 8 rings (SSSR count). The van der Waals surface area contributed by atoms with Gasteiger partial charge < -0.3 is 46.0 Å². The molecular weight excluding hydrogens is 1130 g/mol. The maximum atomic E-state index is 8.25. The normalized spacial score (nSPS) is 10.0. The van der Waals surface area contributed by atoms with Gasteiger partial charge in [0.25, 0.3) is 0 Å². The number of hydrogen-bond donors (Lipinski definition) is 0. The summed E-state index contributed by atoms with van der Waals surface area (Å²) in [5.41, 5.74) is 0. The fraction of sp³-hybridized carbons (Fsp3) is 0.0769. The van der Waals surface area contributed by atoms with Crippen LogP contribution in [0.15, 0.2) is 243 Å². The Balaban J connectivity index is 0.000000293. The van der Waals surface area contributed by atoms with Crippen LogP contribution in [-0.4, -0.2) is 39.9 Å². The van der Waals surface area contributed by atoms with E-state index in [0.29, 0.717) is 0 Å². The molecule has 0 fully saturated rings. The summed E-state index contributed by atoms with van der Waals surface area (Å²) >= 11 is 0. The molecule has 0 aromatic heterocycles. The van der Waals surface area contributed by atoms with Gasteiger partial charge in [0.15, 0.2) is 0 Å². The quantitative estimate of drug-likeness (QED) is 0.0440. The SMILES string of the molecule is O=[N+]([O-])[O-].O=[N+]([O-])[O-].O=[N+]([O-])[O-].[Au+3].c1ccc(P(CCP(c2ccccc2)c2ccccc2)c2ccccc2)cc1.c1ccc(P(CCP(c2ccccc2)c2ccccc2)c2ccccc2)cc1. The Hall–Kier alpha value is -6.18. The minimum atomic E-state index is -1.75.